The van der Waals surface area contributed by atoms with Gasteiger partial charge in [0.2, 0.25) is 0 Å². The van der Waals surface area contributed by atoms with Gasteiger partial charge in [-0.2, -0.15) is 5.26 Å². The average Bonchev–Trinajstić information content (AvgIpc) is 3.12. The number of nitrogens with two attached hydrogens (primary N) is 1. The number of piperidine rings is 1. The van der Waals surface area contributed by atoms with Crippen LogP contribution in [0.4, 0.5) is 9.18 Å². The number of nitriles is 1. The molecule has 2 heterocycles. The second-order valence-corrected chi connectivity index (χ2v) is 8.85. The van der Waals surface area contributed by atoms with Crippen LogP contribution in [0.15, 0.2) is 23.7 Å². The number of rotatable bonds is 6. The normalized spacial score (nSPS) is 25.1. The van der Waals surface area contributed by atoms with E-state index in [9.17, 15) is 14.4 Å². The van der Waals surface area contributed by atoms with Gasteiger partial charge in [-0.1, -0.05) is 18.3 Å². The highest BCUT2D eigenvalue weighted by molar-refractivity contribution is 7.80. The molecule has 0 radical (unpaired) electrons. The molecule has 0 saturated carbocycles. The van der Waals surface area contributed by atoms with Crippen molar-refractivity contribution in [2.75, 3.05) is 26.2 Å². The van der Waals surface area contributed by atoms with Crippen LogP contribution >= 0.6 is 24.4 Å². The Kier molecular flexibility index (Phi) is 7.30. The SMILES string of the molecule is CC(=S)NC[C@H]1CN(C2C=C(F)C(N3CCC(C#N)(NNC(N)=S)CC3)=CC2)C(=O)O1. The molecule has 9 nitrogen and oxygen atoms in total. The largest absolute Gasteiger partial charge is 0.442 e. The lowest BCUT2D eigenvalue weighted by atomic mass is 9.89. The van der Waals surface area contributed by atoms with Crippen LogP contribution in [0.3, 0.4) is 0 Å². The Labute approximate surface area is 191 Å². The molecule has 2 fully saturated rings. The Morgan fingerprint density at radius 1 is 1.45 bits per heavy atom. The summed E-state index contributed by atoms with van der Waals surface area (Å²) in [5.74, 6) is -0.376. The lowest BCUT2D eigenvalue weighted by Gasteiger charge is -2.40. The first-order valence-corrected chi connectivity index (χ1v) is 10.8. The van der Waals surface area contributed by atoms with Crippen LogP contribution < -0.4 is 21.9 Å². The molecule has 0 bridgehead atoms. The first kappa shape index (κ1) is 23.2. The summed E-state index contributed by atoms with van der Waals surface area (Å²) in [6.07, 6.45) is 3.93. The summed E-state index contributed by atoms with van der Waals surface area (Å²) < 4.78 is 20.3. The zero-order valence-corrected chi connectivity index (χ0v) is 18.8. The van der Waals surface area contributed by atoms with Gasteiger partial charge in [-0.15, -0.1) is 0 Å². The molecular weight excluding hydrogens is 441 g/mol. The number of amides is 1. The lowest BCUT2D eigenvalue weighted by molar-refractivity contribution is 0.130. The van der Waals surface area contributed by atoms with Gasteiger partial charge in [0.05, 0.1) is 35.9 Å². The van der Waals surface area contributed by atoms with Gasteiger partial charge in [-0.05, 0) is 44.5 Å². The van der Waals surface area contributed by atoms with E-state index in [0.717, 1.165) is 0 Å². The molecule has 2 aliphatic heterocycles. The maximum absolute atomic E-state index is 15.0. The van der Waals surface area contributed by atoms with Gasteiger partial charge in [-0.25, -0.2) is 14.6 Å². The van der Waals surface area contributed by atoms with Crippen LogP contribution in [-0.2, 0) is 4.74 Å². The van der Waals surface area contributed by atoms with Crippen molar-refractivity contribution in [3.8, 4) is 6.07 Å². The van der Waals surface area contributed by atoms with Gasteiger partial charge in [0.1, 0.15) is 17.5 Å². The molecule has 3 aliphatic rings. The first-order chi connectivity index (χ1) is 14.7. The number of likely N-dealkylation sites (tertiary alicyclic amines) is 1. The quantitative estimate of drug-likeness (QED) is 0.332. The minimum Gasteiger partial charge on any atom is -0.442 e. The monoisotopic (exact) mass is 467 g/mol. The van der Waals surface area contributed by atoms with E-state index in [1.54, 1.807) is 17.9 Å². The number of halogens is 1. The highest BCUT2D eigenvalue weighted by Gasteiger charge is 2.39. The van der Waals surface area contributed by atoms with Crippen molar-refractivity contribution in [1.29, 1.82) is 5.26 Å². The predicted octanol–water partition coefficient (Wildman–Crippen LogP) is 0.950. The van der Waals surface area contributed by atoms with Gasteiger partial charge in [0.25, 0.3) is 0 Å². The number of carbonyl (C=O) groups is 1. The third kappa shape index (κ3) is 5.61. The number of thiocarbonyl (C=S) groups is 2. The molecule has 0 aromatic rings. The van der Waals surface area contributed by atoms with Gasteiger partial charge < -0.3 is 20.7 Å². The molecule has 168 valence electrons. The van der Waals surface area contributed by atoms with Gasteiger partial charge in [0.15, 0.2) is 5.11 Å². The highest BCUT2D eigenvalue weighted by atomic mass is 32.1. The summed E-state index contributed by atoms with van der Waals surface area (Å²) in [7, 11) is 0. The Bertz CT molecular complexity index is 849. The van der Waals surface area contributed by atoms with Crippen molar-refractivity contribution in [1.82, 2.24) is 26.0 Å². The van der Waals surface area contributed by atoms with Gasteiger partial charge >= 0.3 is 6.09 Å². The molecule has 5 N–H and O–H groups in total. The number of allylic oxidation sites excluding steroid dienone is 1. The summed E-state index contributed by atoms with van der Waals surface area (Å²) in [6, 6.07) is 1.87. The summed E-state index contributed by atoms with van der Waals surface area (Å²) >= 11 is 9.75. The van der Waals surface area contributed by atoms with E-state index in [1.165, 1.54) is 6.08 Å². The Morgan fingerprint density at radius 3 is 2.74 bits per heavy atom. The van der Waals surface area contributed by atoms with E-state index >= 15 is 0 Å². The highest BCUT2D eigenvalue weighted by Crippen LogP contribution is 2.31. The number of hydrogen-bond acceptors (Lipinski definition) is 7. The third-order valence-corrected chi connectivity index (χ3v) is 5.86. The van der Waals surface area contributed by atoms with Gasteiger partial charge in [-0.3, -0.25) is 10.3 Å². The zero-order chi connectivity index (χ0) is 22.6. The topological polar surface area (TPSA) is 119 Å². The molecule has 12 heteroatoms. The molecule has 0 aromatic carbocycles. The standard InChI is InChI=1S/C19H26FN7O2S2/c1-12(30)23-9-14-10-27(18(28)29-14)13-2-3-16(15(20)8-13)26-6-4-19(11-21,5-7-26)25-24-17(22)31/h3,8,13-14,25H,2,4-7,9-10H2,1H3,(H,23,30)(H3,22,24,31)/t13?,14-/m0/s1. The molecule has 1 amide bonds. The summed E-state index contributed by atoms with van der Waals surface area (Å²) in [5.41, 5.74) is 10.6. The number of ether oxygens (including phenoxy) is 1. The molecule has 2 atom stereocenters. The molecular formula is C19H26FN7O2S2. The number of carbonyl (C=O) groups excluding carboxylic acids is 1. The fraction of sp³-hybridized carbons (Fsp3) is 0.579. The first-order valence-electron chi connectivity index (χ1n) is 10.0. The van der Waals surface area contributed by atoms with Crippen molar-refractivity contribution in [3.63, 3.8) is 0 Å². The van der Waals surface area contributed by atoms with Crippen molar-refractivity contribution in [2.45, 2.75) is 43.9 Å². The number of nitrogens with zero attached hydrogens (tertiary/aromatic N) is 3. The van der Waals surface area contributed by atoms with Gasteiger partial charge in [0, 0.05) is 13.1 Å². The van der Waals surface area contributed by atoms with Crippen LogP contribution in [-0.4, -0.2) is 69.9 Å². The van der Waals surface area contributed by atoms with Crippen molar-refractivity contribution >= 4 is 40.6 Å². The van der Waals surface area contributed by atoms with Crippen LogP contribution in [0.5, 0.6) is 0 Å². The van der Waals surface area contributed by atoms with Crippen LogP contribution in [0.1, 0.15) is 26.2 Å². The Morgan fingerprint density at radius 2 is 2.16 bits per heavy atom. The van der Waals surface area contributed by atoms with Crippen molar-refractivity contribution < 1.29 is 13.9 Å². The molecule has 3 rings (SSSR count). The number of hydrazine groups is 1. The fourth-order valence-electron chi connectivity index (χ4n) is 3.90. The van der Waals surface area contributed by atoms with E-state index < -0.39 is 17.7 Å². The molecule has 31 heavy (non-hydrogen) atoms. The summed E-state index contributed by atoms with van der Waals surface area (Å²) in [6.45, 7) is 3.56. The smallest absolute Gasteiger partial charge is 0.410 e. The number of cyclic esters (lactones) is 1. The maximum atomic E-state index is 15.0. The van der Waals surface area contributed by atoms with E-state index in [4.69, 9.17) is 34.9 Å². The summed E-state index contributed by atoms with van der Waals surface area (Å²) in [4.78, 5) is 16.3. The average molecular weight is 468 g/mol. The molecule has 1 unspecified atom stereocenters. The second kappa shape index (κ2) is 9.76. The third-order valence-electron chi connectivity index (χ3n) is 5.61. The molecule has 0 aromatic heterocycles. The van der Waals surface area contributed by atoms with E-state index in [-0.39, 0.29) is 17.0 Å². The van der Waals surface area contributed by atoms with Crippen LogP contribution in [0, 0.1) is 11.3 Å². The maximum Gasteiger partial charge on any atom is 0.410 e. The van der Waals surface area contributed by atoms with Crippen molar-refractivity contribution in [2.24, 2.45) is 5.73 Å². The van der Waals surface area contributed by atoms with E-state index in [2.05, 4.69) is 22.2 Å². The van der Waals surface area contributed by atoms with Crippen LogP contribution in [0.2, 0.25) is 0 Å². The molecule has 0 spiro atoms. The van der Waals surface area contributed by atoms with E-state index in [1.807, 2.05) is 4.90 Å². The number of hydrogen-bond donors (Lipinski definition) is 4. The fourth-order valence-corrected chi connectivity index (χ4v) is 4.04. The number of nitrogens with one attached hydrogen (secondary N) is 3. The Hall–Kier alpha value is -2.49. The second-order valence-electron chi connectivity index (χ2n) is 7.80. The predicted molar refractivity (Wildman–Crippen MR) is 121 cm³/mol. The van der Waals surface area contributed by atoms with E-state index in [0.29, 0.717) is 56.1 Å². The Balaban J connectivity index is 1.57. The lowest BCUT2D eigenvalue weighted by Crippen LogP contribution is -2.59. The molecule has 2 saturated heterocycles. The van der Waals surface area contributed by atoms with Crippen LogP contribution in [0.25, 0.3) is 0 Å². The van der Waals surface area contributed by atoms with Crippen molar-refractivity contribution in [3.05, 3.63) is 23.7 Å². The summed E-state index contributed by atoms with van der Waals surface area (Å²) in [5, 5.41) is 12.6. The molecule has 1 aliphatic carbocycles. The zero-order valence-electron chi connectivity index (χ0n) is 17.2. The minimum absolute atomic E-state index is 0.0583. The minimum atomic E-state index is -0.818.